The summed E-state index contributed by atoms with van der Waals surface area (Å²) in [5.41, 5.74) is -1.12. The van der Waals surface area contributed by atoms with Crippen molar-refractivity contribution in [1.29, 1.82) is 0 Å². The number of carboxylic acid groups (broad SMARTS) is 1. The topological polar surface area (TPSA) is 112 Å². The molecule has 0 radical (unpaired) electrons. The van der Waals surface area contributed by atoms with Crippen LogP contribution in [0.5, 0.6) is 0 Å². The highest BCUT2D eigenvalue weighted by atomic mass is 19.1. The van der Waals surface area contributed by atoms with Gasteiger partial charge in [0.05, 0.1) is 11.0 Å². The molecule has 1 N–H and O–H groups in total. The van der Waals surface area contributed by atoms with Crippen molar-refractivity contribution in [3.8, 4) is 0 Å². The minimum Gasteiger partial charge on any atom is -0.550 e. The van der Waals surface area contributed by atoms with E-state index in [-0.39, 0.29) is 11.3 Å². The maximum Gasteiger partial charge on any atom is 0.269 e. The fourth-order valence-corrected chi connectivity index (χ4v) is 2.22. The van der Waals surface area contributed by atoms with Gasteiger partial charge in [0.15, 0.2) is 0 Å². The lowest BCUT2D eigenvalue weighted by Gasteiger charge is -2.20. The van der Waals surface area contributed by atoms with Crippen molar-refractivity contribution >= 4 is 17.6 Å². The van der Waals surface area contributed by atoms with E-state index in [1.165, 1.54) is 18.2 Å². The predicted octanol–water partition coefficient (Wildman–Crippen LogP) is 1.48. The van der Waals surface area contributed by atoms with Crippen LogP contribution in [0, 0.1) is 21.7 Å². The standard InChI is InChI=1S/C16H12F2N2O5/c17-11-5-2-6-12(18)15(11)16(23)19-13(8-14(21)22)9-3-1-4-10(7-9)20(24)25/h1-7,13H,8H2,(H,19,23)(H,21,22)/p-1/t13-/m1/s1. The normalized spacial score (nSPS) is 11.6. The lowest BCUT2D eigenvalue weighted by Crippen LogP contribution is -2.35. The van der Waals surface area contributed by atoms with Gasteiger partial charge in [-0.3, -0.25) is 14.9 Å². The van der Waals surface area contributed by atoms with E-state index in [1.54, 1.807) is 0 Å². The molecule has 2 aromatic rings. The Bertz CT molecular complexity index is 821. The van der Waals surface area contributed by atoms with E-state index in [9.17, 15) is 33.6 Å². The molecule has 1 atom stereocenters. The number of nitro benzene ring substituents is 1. The van der Waals surface area contributed by atoms with Crippen molar-refractivity contribution < 1.29 is 28.4 Å². The van der Waals surface area contributed by atoms with Crippen LogP contribution < -0.4 is 10.4 Å². The van der Waals surface area contributed by atoms with Gasteiger partial charge in [0.25, 0.3) is 11.6 Å². The second-order valence-electron chi connectivity index (χ2n) is 5.05. The first-order chi connectivity index (χ1) is 11.8. The van der Waals surface area contributed by atoms with Gasteiger partial charge in [0.2, 0.25) is 0 Å². The molecule has 130 valence electrons. The van der Waals surface area contributed by atoms with Crippen LogP contribution in [0.25, 0.3) is 0 Å². The van der Waals surface area contributed by atoms with Crippen LogP contribution in [0.2, 0.25) is 0 Å². The Morgan fingerprint density at radius 1 is 1.12 bits per heavy atom. The molecule has 0 fully saturated rings. The highest BCUT2D eigenvalue weighted by Crippen LogP contribution is 2.23. The third-order valence-electron chi connectivity index (χ3n) is 3.35. The van der Waals surface area contributed by atoms with Crippen LogP contribution in [0.4, 0.5) is 14.5 Å². The van der Waals surface area contributed by atoms with E-state index in [0.29, 0.717) is 0 Å². The first-order valence-electron chi connectivity index (χ1n) is 6.98. The molecule has 2 rings (SSSR count). The van der Waals surface area contributed by atoms with Crippen molar-refractivity contribution in [2.45, 2.75) is 12.5 Å². The molecule has 25 heavy (non-hydrogen) atoms. The molecule has 0 bridgehead atoms. The molecule has 0 aliphatic rings. The predicted molar refractivity (Wildman–Crippen MR) is 79.3 cm³/mol. The zero-order valence-corrected chi connectivity index (χ0v) is 12.6. The molecule has 7 nitrogen and oxygen atoms in total. The van der Waals surface area contributed by atoms with E-state index in [1.807, 2.05) is 0 Å². The number of carbonyl (C=O) groups excluding carboxylic acids is 2. The molecule has 0 unspecified atom stereocenters. The largest absolute Gasteiger partial charge is 0.550 e. The number of carbonyl (C=O) groups is 2. The first-order valence-corrected chi connectivity index (χ1v) is 6.98. The summed E-state index contributed by atoms with van der Waals surface area (Å²) >= 11 is 0. The van der Waals surface area contributed by atoms with Crippen LogP contribution in [0.1, 0.15) is 28.4 Å². The van der Waals surface area contributed by atoms with Gasteiger partial charge in [-0.25, -0.2) is 8.78 Å². The fraction of sp³-hybridized carbons (Fsp3) is 0.125. The SMILES string of the molecule is O=C([O-])C[C@@H](NC(=O)c1c(F)cccc1F)c1cccc([N+](=O)[O-])c1. The lowest BCUT2D eigenvalue weighted by atomic mass is 10.0. The summed E-state index contributed by atoms with van der Waals surface area (Å²) in [6.07, 6.45) is -0.733. The molecule has 0 aliphatic heterocycles. The molecule has 0 spiro atoms. The Morgan fingerprint density at radius 2 is 1.72 bits per heavy atom. The number of carboxylic acids is 1. The highest BCUT2D eigenvalue weighted by Gasteiger charge is 2.22. The third kappa shape index (κ3) is 4.34. The molecule has 0 saturated carbocycles. The Hall–Kier alpha value is -3.36. The molecular formula is C16H11F2N2O5-. The van der Waals surface area contributed by atoms with Crippen LogP contribution >= 0.6 is 0 Å². The summed E-state index contributed by atoms with van der Waals surface area (Å²) < 4.78 is 27.3. The summed E-state index contributed by atoms with van der Waals surface area (Å²) in [4.78, 5) is 33.2. The van der Waals surface area contributed by atoms with Crippen LogP contribution in [-0.4, -0.2) is 16.8 Å². The zero-order chi connectivity index (χ0) is 18.6. The van der Waals surface area contributed by atoms with Crippen LogP contribution in [0.15, 0.2) is 42.5 Å². The van der Waals surface area contributed by atoms with Gasteiger partial charge in [0, 0.05) is 24.5 Å². The molecule has 0 saturated heterocycles. The number of benzene rings is 2. The Labute approximate surface area is 140 Å². The Kier molecular flexibility index (Phi) is 5.38. The van der Waals surface area contributed by atoms with E-state index < -0.39 is 46.5 Å². The Balaban J connectivity index is 2.35. The average Bonchev–Trinajstić information content (AvgIpc) is 2.53. The van der Waals surface area contributed by atoms with Gasteiger partial charge < -0.3 is 15.2 Å². The average molecular weight is 349 g/mol. The minimum absolute atomic E-state index is 0.0866. The quantitative estimate of drug-likeness (QED) is 0.627. The molecule has 9 heteroatoms. The van der Waals surface area contributed by atoms with Gasteiger partial charge in [0.1, 0.15) is 17.2 Å². The molecular weight excluding hydrogens is 338 g/mol. The summed E-state index contributed by atoms with van der Waals surface area (Å²) in [7, 11) is 0. The van der Waals surface area contributed by atoms with Crippen molar-refractivity contribution in [2.75, 3.05) is 0 Å². The number of amides is 1. The van der Waals surface area contributed by atoms with Gasteiger partial charge >= 0.3 is 0 Å². The number of non-ortho nitro benzene ring substituents is 1. The van der Waals surface area contributed by atoms with Crippen LogP contribution in [-0.2, 0) is 4.79 Å². The summed E-state index contributed by atoms with van der Waals surface area (Å²) in [6, 6.07) is 6.43. The third-order valence-corrected chi connectivity index (χ3v) is 3.35. The number of aliphatic carboxylic acids is 1. The Morgan fingerprint density at radius 3 is 2.28 bits per heavy atom. The van der Waals surface area contributed by atoms with Crippen molar-refractivity contribution in [3.05, 3.63) is 75.3 Å². The minimum atomic E-state index is -1.55. The highest BCUT2D eigenvalue weighted by molar-refractivity contribution is 5.95. The number of rotatable bonds is 6. The second-order valence-corrected chi connectivity index (χ2v) is 5.05. The number of nitrogens with one attached hydrogen (secondary N) is 1. The number of halogens is 2. The van der Waals surface area contributed by atoms with Gasteiger partial charge in [-0.05, 0) is 17.7 Å². The maximum absolute atomic E-state index is 13.7. The number of hydrogen-bond donors (Lipinski definition) is 1. The summed E-state index contributed by atoms with van der Waals surface area (Å²) in [5, 5.41) is 23.9. The monoisotopic (exact) mass is 349 g/mol. The smallest absolute Gasteiger partial charge is 0.269 e. The first kappa shape index (κ1) is 18.0. The van der Waals surface area contributed by atoms with Gasteiger partial charge in [-0.1, -0.05) is 18.2 Å². The van der Waals surface area contributed by atoms with E-state index in [2.05, 4.69) is 5.32 Å². The van der Waals surface area contributed by atoms with Crippen molar-refractivity contribution in [3.63, 3.8) is 0 Å². The zero-order valence-electron chi connectivity index (χ0n) is 12.6. The number of hydrogen-bond acceptors (Lipinski definition) is 5. The number of nitrogens with zero attached hydrogens (tertiary/aromatic N) is 1. The van der Waals surface area contributed by atoms with E-state index in [4.69, 9.17) is 0 Å². The van der Waals surface area contributed by atoms with Crippen LogP contribution in [0.3, 0.4) is 0 Å². The number of nitro groups is 1. The van der Waals surface area contributed by atoms with E-state index >= 15 is 0 Å². The second kappa shape index (κ2) is 7.47. The lowest BCUT2D eigenvalue weighted by molar-refractivity contribution is -0.385. The molecule has 0 aromatic heterocycles. The fourth-order valence-electron chi connectivity index (χ4n) is 2.22. The molecule has 0 heterocycles. The van der Waals surface area contributed by atoms with E-state index in [0.717, 1.165) is 24.3 Å². The molecule has 1 amide bonds. The summed E-state index contributed by atoms with van der Waals surface area (Å²) in [5.74, 6) is -4.98. The van der Waals surface area contributed by atoms with Crippen molar-refractivity contribution in [2.24, 2.45) is 0 Å². The van der Waals surface area contributed by atoms with Crippen molar-refractivity contribution in [1.82, 2.24) is 5.32 Å². The van der Waals surface area contributed by atoms with Gasteiger partial charge in [-0.2, -0.15) is 0 Å². The molecule has 0 aliphatic carbocycles. The molecule has 2 aromatic carbocycles. The maximum atomic E-state index is 13.7. The summed E-state index contributed by atoms with van der Waals surface area (Å²) in [6.45, 7) is 0. The van der Waals surface area contributed by atoms with Gasteiger partial charge in [-0.15, -0.1) is 0 Å².